The largest absolute Gasteiger partial charge is 0.488 e. The average molecular weight is 475 g/mol. The van der Waals surface area contributed by atoms with Gasteiger partial charge in [-0.1, -0.05) is 70.9 Å². The van der Waals surface area contributed by atoms with E-state index in [0.717, 1.165) is 27.6 Å². The smallest absolute Gasteiger partial charge is 0.266 e. The number of nitriles is 1. The van der Waals surface area contributed by atoms with Crippen LogP contribution in [0.2, 0.25) is 0 Å². The highest BCUT2D eigenvalue weighted by Gasteiger charge is 2.13. The van der Waals surface area contributed by atoms with Gasteiger partial charge in [-0.3, -0.25) is 4.79 Å². The maximum Gasteiger partial charge on any atom is 0.266 e. The molecule has 3 aromatic rings. The number of hydrogen-bond acceptors (Lipinski definition) is 3. The average Bonchev–Trinajstić information content (AvgIpc) is 2.77. The molecule has 4 nitrogen and oxygen atoms in total. The summed E-state index contributed by atoms with van der Waals surface area (Å²) in [5, 5.41) is 12.5. The first-order valence-electron chi connectivity index (χ1n) is 9.99. The first kappa shape index (κ1) is 22.3. The molecule has 3 aromatic carbocycles. The van der Waals surface area contributed by atoms with Crippen LogP contribution in [0.15, 0.2) is 76.8 Å². The predicted octanol–water partition coefficient (Wildman–Crippen LogP) is 6.44. The number of nitrogens with zero attached hydrogens (tertiary/aromatic N) is 1. The van der Waals surface area contributed by atoms with Crippen molar-refractivity contribution in [2.75, 3.05) is 5.32 Å². The van der Waals surface area contributed by atoms with Gasteiger partial charge in [-0.25, -0.2) is 0 Å². The Morgan fingerprint density at radius 3 is 2.68 bits per heavy atom. The zero-order chi connectivity index (χ0) is 22.2. The number of carbonyl (C=O) groups is 1. The number of amides is 1. The molecule has 3 rings (SSSR count). The molecular formula is C26H23BrN2O2. The van der Waals surface area contributed by atoms with Crippen molar-refractivity contribution in [2.24, 2.45) is 0 Å². The van der Waals surface area contributed by atoms with Crippen molar-refractivity contribution in [3.05, 3.63) is 99.0 Å². The Kier molecular flexibility index (Phi) is 7.64. The minimum atomic E-state index is -0.451. The highest BCUT2D eigenvalue weighted by atomic mass is 79.9. The molecule has 156 valence electrons. The van der Waals surface area contributed by atoms with Gasteiger partial charge < -0.3 is 10.1 Å². The lowest BCUT2D eigenvalue weighted by molar-refractivity contribution is -0.112. The molecule has 0 bridgehead atoms. The number of para-hydroxylation sites is 1. The molecule has 5 heteroatoms. The van der Waals surface area contributed by atoms with Gasteiger partial charge in [0.2, 0.25) is 0 Å². The van der Waals surface area contributed by atoms with Crippen LogP contribution in [0.3, 0.4) is 0 Å². The van der Waals surface area contributed by atoms with Crippen LogP contribution >= 0.6 is 15.9 Å². The number of benzene rings is 3. The van der Waals surface area contributed by atoms with Crippen LogP contribution in [0.25, 0.3) is 6.08 Å². The van der Waals surface area contributed by atoms with Crippen LogP contribution in [-0.4, -0.2) is 5.91 Å². The number of anilines is 1. The monoisotopic (exact) mass is 474 g/mol. The van der Waals surface area contributed by atoms with E-state index in [-0.39, 0.29) is 5.57 Å². The number of carbonyl (C=O) groups excluding carboxylic acids is 1. The fourth-order valence-electron chi connectivity index (χ4n) is 3.17. The molecule has 0 radical (unpaired) electrons. The van der Waals surface area contributed by atoms with E-state index in [0.29, 0.717) is 23.6 Å². The number of nitrogens with one attached hydrogen (secondary N) is 1. The quantitative estimate of drug-likeness (QED) is 0.316. The minimum Gasteiger partial charge on any atom is -0.488 e. The maximum atomic E-state index is 12.8. The highest BCUT2D eigenvalue weighted by molar-refractivity contribution is 9.10. The van der Waals surface area contributed by atoms with Crippen LogP contribution in [0.1, 0.15) is 29.2 Å². The lowest BCUT2D eigenvalue weighted by Crippen LogP contribution is -2.14. The summed E-state index contributed by atoms with van der Waals surface area (Å²) in [6.45, 7) is 4.44. The molecule has 0 unspecified atom stereocenters. The molecule has 0 fully saturated rings. The Labute approximate surface area is 191 Å². The molecule has 1 amide bonds. The summed E-state index contributed by atoms with van der Waals surface area (Å²) in [7, 11) is 0. The predicted molar refractivity (Wildman–Crippen MR) is 128 cm³/mol. The first-order chi connectivity index (χ1) is 15.0. The zero-order valence-corrected chi connectivity index (χ0v) is 19.1. The van der Waals surface area contributed by atoms with E-state index in [1.54, 1.807) is 6.08 Å². The van der Waals surface area contributed by atoms with Crippen molar-refractivity contribution in [3.8, 4) is 11.8 Å². The van der Waals surface area contributed by atoms with Crippen LogP contribution in [-0.2, 0) is 17.8 Å². The lowest BCUT2D eigenvalue weighted by Gasteiger charge is -2.12. The fourth-order valence-corrected chi connectivity index (χ4v) is 3.55. The van der Waals surface area contributed by atoms with Crippen molar-refractivity contribution in [1.82, 2.24) is 0 Å². The van der Waals surface area contributed by atoms with E-state index in [9.17, 15) is 10.1 Å². The first-order valence-corrected chi connectivity index (χ1v) is 10.8. The van der Waals surface area contributed by atoms with E-state index in [2.05, 4.69) is 27.3 Å². The molecule has 0 saturated carbocycles. The van der Waals surface area contributed by atoms with Gasteiger partial charge in [0.25, 0.3) is 5.91 Å². The van der Waals surface area contributed by atoms with Crippen molar-refractivity contribution in [1.29, 1.82) is 5.26 Å². The SMILES string of the molecule is CCc1ccccc1NC(=O)/C(C#N)=C/c1cc(Br)ccc1OCc1cccc(C)c1. The Morgan fingerprint density at radius 1 is 1.13 bits per heavy atom. The van der Waals surface area contributed by atoms with Crippen molar-refractivity contribution in [2.45, 2.75) is 26.9 Å². The summed E-state index contributed by atoms with van der Waals surface area (Å²) >= 11 is 3.46. The molecule has 0 atom stereocenters. The molecule has 0 aliphatic heterocycles. The fraction of sp³-hybridized carbons (Fsp3) is 0.154. The molecule has 0 spiro atoms. The molecule has 0 aliphatic rings. The topological polar surface area (TPSA) is 62.1 Å². The van der Waals surface area contributed by atoms with Gasteiger partial charge in [-0.2, -0.15) is 5.26 Å². The Balaban J connectivity index is 1.85. The molecule has 31 heavy (non-hydrogen) atoms. The normalized spacial score (nSPS) is 11.0. The number of aryl methyl sites for hydroxylation is 2. The van der Waals surface area contributed by atoms with Crippen molar-refractivity contribution >= 4 is 33.6 Å². The number of rotatable bonds is 7. The van der Waals surface area contributed by atoms with Gasteiger partial charge in [-0.15, -0.1) is 0 Å². The van der Waals surface area contributed by atoms with E-state index >= 15 is 0 Å². The summed E-state index contributed by atoms with van der Waals surface area (Å²) in [5.41, 5.74) is 4.58. The molecule has 0 aliphatic carbocycles. The summed E-state index contributed by atoms with van der Waals surface area (Å²) in [4.78, 5) is 12.8. The molecule has 0 saturated heterocycles. The Morgan fingerprint density at radius 2 is 1.94 bits per heavy atom. The standard InChI is InChI=1S/C26H23BrN2O2/c1-3-20-9-4-5-10-24(20)29-26(30)22(16-28)14-21-15-23(27)11-12-25(21)31-17-19-8-6-7-18(2)13-19/h4-15H,3,17H2,1-2H3,(H,29,30)/b22-14+. The number of halogens is 1. The van der Waals surface area contributed by atoms with Gasteiger partial charge >= 0.3 is 0 Å². The zero-order valence-electron chi connectivity index (χ0n) is 17.5. The summed E-state index contributed by atoms with van der Waals surface area (Å²) < 4.78 is 6.84. The third kappa shape index (κ3) is 6.07. The van der Waals surface area contributed by atoms with Gasteiger partial charge in [-0.05, 0) is 54.8 Å². The van der Waals surface area contributed by atoms with Gasteiger partial charge in [0.05, 0.1) is 0 Å². The highest BCUT2D eigenvalue weighted by Crippen LogP contribution is 2.27. The third-order valence-electron chi connectivity index (χ3n) is 4.76. The van der Waals surface area contributed by atoms with E-state index in [1.807, 2.05) is 80.6 Å². The van der Waals surface area contributed by atoms with E-state index < -0.39 is 5.91 Å². The van der Waals surface area contributed by atoms with Crippen molar-refractivity contribution < 1.29 is 9.53 Å². The van der Waals surface area contributed by atoms with Crippen LogP contribution in [0.4, 0.5) is 5.69 Å². The van der Waals surface area contributed by atoms with Gasteiger partial charge in [0, 0.05) is 15.7 Å². The Bertz CT molecular complexity index is 1160. The van der Waals surface area contributed by atoms with Crippen LogP contribution in [0, 0.1) is 18.3 Å². The van der Waals surface area contributed by atoms with Crippen molar-refractivity contribution in [3.63, 3.8) is 0 Å². The second kappa shape index (κ2) is 10.6. The molecule has 0 heterocycles. The van der Waals surface area contributed by atoms with E-state index in [1.165, 1.54) is 0 Å². The molecule has 0 aromatic heterocycles. The minimum absolute atomic E-state index is 0.00408. The second-order valence-corrected chi connectivity index (χ2v) is 8.01. The number of hydrogen-bond donors (Lipinski definition) is 1. The second-order valence-electron chi connectivity index (χ2n) is 7.09. The lowest BCUT2D eigenvalue weighted by atomic mass is 10.1. The summed E-state index contributed by atoms with van der Waals surface area (Å²) in [5.74, 6) is 0.146. The maximum absolute atomic E-state index is 12.8. The third-order valence-corrected chi connectivity index (χ3v) is 5.25. The van der Waals surface area contributed by atoms with Gasteiger partial charge in [0.15, 0.2) is 0 Å². The summed E-state index contributed by atoms with van der Waals surface area (Å²) in [6, 6.07) is 23.2. The number of ether oxygens (including phenoxy) is 1. The Hall–Kier alpha value is -3.36. The van der Waals surface area contributed by atoms with E-state index in [4.69, 9.17) is 4.74 Å². The summed E-state index contributed by atoms with van der Waals surface area (Å²) in [6.07, 6.45) is 2.34. The molecular weight excluding hydrogens is 452 g/mol. The van der Waals surface area contributed by atoms with Crippen LogP contribution < -0.4 is 10.1 Å². The van der Waals surface area contributed by atoms with Gasteiger partial charge in [0.1, 0.15) is 24.0 Å². The van der Waals surface area contributed by atoms with Crippen LogP contribution in [0.5, 0.6) is 5.75 Å². The molecule has 1 N–H and O–H groups in total.